The van der Waals surface area contributed by atoms with Gasteiger partial charge in [-0.05, 0) is 53.4 Å². The van der Waals surface area contributed by atoms with Crippen LogP contribution >= 0.6 is 23.2 Å². The molecule has 0 aromatic heterocycles. The third kappa shape index (κ3) is 2.26. The van der Waals surface area contributed by atoms with Gasteiger partial charge in [0.15, 0.2) is 0 Å². The number of hydrogen-bond donors (Lipinski definition) is 1. The van der Waals surface area contributed by atoms with Crippen LogP contribution in [0.3, 0.4) is 0 Å². The lowest BCUT2D eigenvalue weighted by atomic mass is 9.91. The zero-order valence-electron chi connectivity index (χ0n) is 9.84. The van der Waals surface area contributed by atoms with Gasteiger partial charge in [-0.1, -0.05) is 41.4 Å². The van der Waals surface area contributed by atoms with E-state index in [0.717, 1.165) is 25.1 Å². The van der Waals surface area contributed by atoms with Crippen LogP contribution in [0.4, 0.5) is 0 Å². The van der Waals surface area contributed by atoms with E-state index in [4.69, 9.17) is 23.2 Å². The molecule has 1 N–H and O–H groups in total. The van der Waals surface area contributed by atoms with Crippen LogP contribution in [0.15, 0.2) is 36.4 Å². The SMILES string of the molecule is Clc1cc(Cl)cc(-c2cccc3c2CCNC3)c1. The van der Waals surface area contributed by atoms with Gasteiger partial charge in [-0.2, -0.15) is 0 Å². The van der Waals surface area contributed by atoms with Crippen molar-refractivity contribution in [2.75, 3.05) is 6.54 Å². The van der Waals surface area contributed by atoms with Crippen LogP contribution in [0.1, 0.15) is 11.1 Å². The van der Waals surface area contributed by atoms with Crippen molar-refractivity contribution in [3.05, 3.63) is 57.6 Å². The molecule has 0 radical (unpaired) electrons. The van der Waals surface area contributed by atoms with Crippen LogP contribution in [-0.2, 0) is 13.0 Å². The monoisotopic (exact) mass is 277 g/mol. The van der Waals surface area contributed by atoms with Crippen molar-refractivity contribution in [3.63, 3.8) is 0 Å². The highest BCUT2D eigenvalue weighted by molar-refractivity contribution is 6.35. The van der Waals surface area contributed by atoms with Gasteiger partial charge >= 0.3 is 0 Å². The first-order valence-corrected chi connectivity index (χ1v) is 6.77. The molecule has 2 aromatic carbocycles. The number of rotatable bonds is 1. The summed E-state index contributed by atoms with van der Waals surface area (Å²) in [6.45, 7) is 1.97. The van der Waals surface area contributed by atoms with Crippen LogP contribution < -0.4 is 5.32 Å². The van der Waals surface area contributed by atoms with Crippen molar-refractivity contribution in [2.45, 2.75) is 13.0 Å². The molecule has 1 aliphatic heterocycles. The largest absolute Gasteiger partial charge is 0.312 e. The summed E-state index contributed by atoms with van der Waals surface area (Å²) in [5.74, 6) is 0. The smallest absolute Gasteiger partial charge is 0.0426 e. The maximum atomic E-state index is 6.09. The molecule has 0 spiro atoms. The average Bonchev–Trinajstić information content (AvgIpc) is 2.37. The van der Waals surface area contributed by atoms with E-state index in [2.05, 4.69) is 23.5 Å². The van der Waals surface area contributed by atoms with Gasteiger partial charge in [-0.15, -0.1) is 0 Å². The Kier molecular flexibility index (Phi) is 3.29. The minimum atomic E-state index is 0.684. The Balaban J connectivity index is 2.16. The molecule has 1 aliphatic rings. The van der Waals surface area contributed by atoms with Crippen LogP contribution in [0.2, 0.25) is 10.0 Å². The average molecular weight is 278 g/mol. The Bertz CT molecular complexity index is 573. The molecule has 0 atom stereocenters. The van der Waals surface area contributed by atoms with Gasteiger partial charge in [0.25, 0.3) is 0 Å². The Morgan fingerprint density at radius 2 is 1.78 bits per heavy atom. The summed E-state index contributed by atoms with van der Waals surface area (Å²) in [6.07, 6.45) is 1.05. The summed E-state index contributed by atoms with van der Waals surface area (Å²) >= 11 is 12.2. The summed E-state index contributed by atoms with van der Waals surface area (Å²) in [6, 6.07) is 12.1. The molecule has 3 heteroatoms. The van der Waals surface area contributed by atoms with Crippen molar-refractivity contribution < 1.29 is 0 Å². The van der Waals surface area contributed by atoms with E-state index in [1.807, 2.05) is 12.1 Å². The highest BCUT2D eigenvalue weighted by Crippen LogP contribution is 2.32. The van der Waals surface area contributed by atoms with E-state index < -0.39 is 0 Å². The Morgan fingerprint density at radius 3 is 2.56 bits per heavy atom. The first-order chi connectivity index (χ1) is 8.74. The molecule has 0 fully saturated rings. The van der Waals surface area contributed by atoms with E-state index in [1.54, 1.807) is 6.07 Å². The zero-order valence-corrected chi connectivity index (χ0v) is 11.4. The molecular weight excluding hydrogens is 265 g/mol. The normalized spacial score (nSPS) is 14.3. The first-order valence-electron chi connectivity index (χ1n) is 6.02. The van der Waals surface area contributed by atoms with E-state index >= 15 is 0 Å². The van der Waals surface area contributed by atoms with Gasteiger partial charge < -0.3 is 5.32 Å². The molecule has 0 amide bonds. The second-order valence-corrected chi connectivity index (χ2v) is 5.40. The second kappa shape index (κ2) is 4.93. The van der Waals surface area contributed by atoms with Crippen molar-refractivity contribution >= 4 is 23.2 Å². The second-order valence-electron chi connectivity index (χ2n) is 4.53. The van der Waals surface area contributed by atoms with Gasteiger partial charge in [0, 0.05) is 16.6 Å². The minimum absolute atomic E-state index is 0.684. The van der Waals surface area contributed by atoms with Gasteiger partial charge in [0.1, 0.15) is 0 Å². The van der Waals surface area contributed by atoms with E-state index in [0.29, 0.717) is 10.0 Å². The molecule has 0 saturated carbocycles. The summed E-state index contributed by atoms with van der Waals surface area (Å²) in [7, 11) is 0. The molecule has 3 rings (SSSR count). The third-order valence-corrected chi connectivity index (χ3v) is 3.75. The molecule has 18 heavy (non-hydrogen) atoms. The number of fused-ring (bicyclic) bond motifs is 1. The fourth-order valence-corrected chi connectivity index (χ4v) is 3.04. The number of halogens is 2. The van der Waals surface area contributed by atoms with E-state index in [9.17, 15) is 0 Å². The minimum Gasteiger partial charge on any atom is -0.312 e. The fraction of sp³-hybridized carbons (Fsp3) is 0.200. The molecule has 0 aliphatic carbocycles. The lowest BCUT2D eigenvalue weighted by molar-refractivity contribution is 0.645. The number of benzene rings is 2. The molecule has 2 aromatic rings. The van der Waals surface area contributed by atoms with Crippen molar-refractivity contribution in [2.24, 2.45) is 0 Å². The first kappa shape index (κ1) is 12.0. The standard InChI is InChI=1S/C15H13Cl2N/c16-12-6-11(7-13(17)8-12)14-3-1-2-10-9-18-5-4-15(10)14/h1-3,6-8,18H,4-5,9H2. The predicted molar refractivity (Wildman–Crippen MR) is 77.3 cm³/mol. The molecule has 0 bridgehead atoms. The van der Waals surface area contributed by atoms with Crippen LogP contribution in [0, 0.1) is 0 Å². The van der Waals surface area contributed by atoms with E-state index in [1.165, 1.54) is 16.7 Å². The maximum Gasteiger partial charge on any atom is 0.0426 e. The van der Waals surface area contributed by atoms with Crippen molar-refractivity contribution in [1.82, 2.24) is 5.32 Å². The van der Waals surface area contributed by atoms with Gasteiger partial charge in [0.05, 0.1) is 0 Å². The number of nitrogens with one attached hydrogen (secondary N) is 1. The van der Waals surface area contributed by atoms with Gasteiger partial charge in [0.2, 0.25) is 0 Å². The molecule has 1 nitrogen and oxygen atoms in total. The third-order valence-electron chi connectivity index (χ3n) is 3.31. The highest BCUT2D eigenvalue weighted by atomic mass is 35.5. The Labute approximate surface area is 117 Å². The zero-order chi connectivity index (χ0) is 12.5. The fourth-order valence-electron chi connectivity index (χ4n) is 2.51. The quantitative estimate of drug-likeness (QED) is 0.819. The van der Waals surface area contributed by atoms with Gasteiger partial charge in [-0.25, -0.2) is 0 Å². The molecule has 1 heterocycles. The number of hydrogen-bond acceptors (Lipinski definition) is 1. The molecule has 92 valence electrons. The highest BCUT2D eigenvalue weighted by Gasteiger charge is 2.14. The summed E-state index contributed by atoms with van der Waals surface area (Å²) < 4.78 is 0. The predicted octanol–water partition coefficient (Wildman–Crippen LogP) is 4.31. The molecule has 0 saturated heterocycles. The maximum absolute atomic E-state index is 6.09. The lowest BCUT2D eigenvalue weighted by Crippen LogP contribution is -2.23. The Morgan fingerprint density at radius 1 is 1.00 bits per heavy atom. The summed E-state index contributed by atoms with van der Waals surface area (Å²) in [5, 5.41) is 4.76. The van der Waals surface area contributed by atoms with Crippen molar-refractivity contribution in [1.29, 1.82) is 0 Å². The Hall–Kier alpha value is -1.02. The van der Waals surface area contributed by atoms with Crippen LogP contribution in [-0.4, -0.2) is 6.54 Å². The van der Waals surface area contributed by atoms with Crippen molar-refractivity contribution in [3.8, 4) is 11.1 Å². The van der Waals surface area contributed by atoms with Gasteiger partial charge in [-0.3, -0.25) is 0 Å². The summed E-state index contributed by atoms with van der Waals surface area (Å²) in [4.78, 5) is 0. The van der Waals surface area contributed by atoms with E-state index in [-0.39, 0.29) is 0 Å². The topological polar surface area (TPSA) is 12.0 Å². The molecular formula is C15H13Cl2N. The van der Waals surface area contributed by atoms with Crippen LogP contribution in [0.5, 0.6) is 0 Å². The molecule has 0 unspecified atom stereocenters. The summed E-state index contributed by atoms with van der Waals surface area (Å²) in [5.41, 5.74) is 5.13. The lowest BCUT2D eigenvalue weighted by Gasteiger charge is -2.20. The van der Waals surface area contributed by atoms with Crippen LogP contribution in [0.25, 0.3) is 11.1 Å².